The highest BCUT2D eigenvalue weighted by atomic mass is 32.2. The Hall–Kier alpha value is -2.12. The molecule has 0 aliphatic carbocycles. The van der Waals surface area contributed by atoms with E-state index in [1.807, 2.05) is 49.3 Å². The van der Waals surface area contributed by atoms with Crippen LogP contribution >= 0.6 is 11.8 Å². The van der Waals surface area contributed by atoms with Crippen molar-refractivity contribution in [2.75, 3.05) is 7.05 Å². The molecule has 1 aliphatic heterocycles. The summed E-state index contributed by atoms with van der Waals surface area (Å²) >= 11 is 1.22. The molecular weight excluding hydrogens is 380 g/mol. The van der Waals surface area contributed by atoms with Gasteiger partial charge in [0.05, 0.1) is 5.69 Å². The molecule has 29 heavy (non-hydrogen) atoms. The summed E-state index contributed by atoms with van der Waals surface area (Å²) in [5, 5.41) is 26.1. The molecule has 0 atom stereocenters. The van der Waals surface area contributed by atoms with Crippen molar-refractivity contribution < 1.29 is 0 Å². The Kier molecular flexibility index (Phi) is 5.92. The van der Waals surface area contributed by atoms with E-state index in [1.165, 1.54) is 11.8 Å². The number of nitrogens with zero attached hydrogens (tertiary/aromatic N) is 3. The first-order valence-electron chi connectivity index (χ1n) is 9.96. The monoisotopic (exact) mass is 412 g/mol. The summed E-state index contributed by atoms with van der Waals surface area (Å²) in [6.07, 6.45) is 5.57. The van der Waals surface area contributed by atoms with E-state index >= 15 is 0 Å². The second-order valence-corrected chi connectivity index (χ2v) is 10.3. The number of nitrogens with one attached hydrogen (secondary N) is 3. The minimum Gasteiger partial charge on any atom is -0.351 e. The molecule has 0 amide bonds. The Labute approximate surface area is 178 Å². The molecule has 3 N–H and O–H groups in total. The molecule has 1 aromatic heterocycles. The van der Waals surface area contributed by atoms with Gasteiger partial charge in [0.25, 0.3) is 0 Å². The van der Waals surface area contributed by atoms with Crippen LogP contribution in [-0.4, -0.2) is 49.1 Å². The summed E-state index contributed by atoms with van der Waals surface area (Å²) in [5.41, 5.74) is 2.83. The summed E-state index contributed by atoms with van der Waals surface area (Å²) in [5.74, 6) is 0. The molecule has 2 aromatic rings. The van der Waals surface area contributed by atoms with E-state index in [4.69, 9.17) is 10.8 Å². The first-order valence-corrected chi connectivity index (χ1v) is 10.8. The lowest BCUT2D eigenvalue weighted by molar-refractivity contribution is 0.114. The smallest absolute Gasteiger partial charge is 0.162 e. The molecular formula is C22H32N6S. The van der Waals surface area contributed by atoms with Crippen molar-refractivity contribution in [2.45, 2.75) is 64.6 Å². The van der Waals surface area contributed by atoms with E-state index in [-0.39, 0.29) is 17.1 Å². The van der Waals surface area contributed by atoms with Crippen LogP contribution in [0.2, 0.25) is 0 Å². The zero-order valence-corrected chi connectivity index (χ0v) is 19.0. The average Bonchev–Trinajstić information content (AvgIpc) is 3.13. The van der Waals surface area contributed by atoms with Crippen LogP contribution in [0.1, 0.15) is 51.7 Å². The standard InChI is InChI=1S/C22H32N6S/c1-15-8-9-16(28-11-7-10-25-28)12-18(15)19(23)29-20(24)27(6)17-13-21(2,3)26-22(4,5)14-17/h7-12,17,23-24,26H,13-14H2,1-6H3. The summed E-state index contributed by atoms with van der Waals surface area (Å²) in [6, 6.07) is 8.13. The molecule has 2 heterocycles. The van der Waals surface area contributed by atoms with Crippen molar-refractivity contribution in [1.29, 1.82) is 10.8 Å². The molecule has 1 saturated heterocycles. The highest BCUT2D eigenvalue weighted by molar-refractivity contribution is 8.26. The number of aromatic nitrogens is 2. The number of thioether (sulfide) groups is 1. The molecule has 0 radical (unpaired) electrons. The summed E-state index contributed by atoms with van der Waals surface area (Å²) in [6.45, 7) is 10.9. The van der Waals surface area contributed by atoms with Crippen LogP contribution in [0.3, 0.4) is 0 Å². The zero-order valence-electron chi connectivity index (χ0n) is 18.2. The fourth-order valence-corrected chi connectivity index (χ4v) is 5.17. The van der Waals surface area contributed by atoms with Crippen LogP contribution in [0.25, 0.3) is 5.69 Å². The summed E-state index contributed by atoms with van der Waals surface area (Å²) < 4.78 is 1.79. The van der Waals surface area contributed by atoms with Gasteiger partial charge in [-0.3, -0.25) is 10.8 Å². The number of hydrogen-bond donors (Lipinski definition) is 3. The number of aryl methyl sites for hydroxylation is 1. The molecule has 0 bridgehead atoms. The normalized spacial score (nSPS) is 18.4. The Morgan fingerprint density at radius 3 is 2.45 bits per heavy atom. The van der Waals surface area contributed by atoms with Crippen LogP contribution in [0, 0.1) is 17.7 Å². The van der Waals surface area contributed by atoms with E-state index in [9.17, 15) is 0 Å². The number of amidine groups is 1. The Bertz CT molecular complexity index is 884. The van der Waals surface area contributed by atoms with Gasteiger partial charge in [0.15, 0.2) is 5.17 Å². The third-order valence-corrected chi connectivity index (χ3v) is 6.38. The third kappa shape index (κ3) is 5.08. The second kappa shape index (κ2) is 7.95. The maximum atomic E-state index is 8.64. The van der Waals surface area contributed by atoms with Gasteiger partial charge in [0.1, 0.15) is 5.04 Å². The fourth-order valence-electron chi connectivity index (χ4n) is 4.35. The molecule has 0 unspecified atom stereocenters. The van der Waals surface area contributed by atoms with E-state index in [1.54, 1.807) is 10.9 Å². The minimum atomic E-state index is 0.0216. The number of rotatable bonds is 3. The van der Waals surface area contributed by atoms with Gasteiger partial charge < -0.3 is 10.2 Å². The molecule has 7 heteroatoms. The highest BCUT2D eigenvalue weighted by Crippen LogP contribution is 2.32. The zero-order chi connectivity index (χ0) is 21.4. The minimum absolute atomic E-state index is 0.0216. The first-order chi connectivity index (χ1) is 13.5. The van der Waals surface area contributed by atoms with Crippen molar-refractivity contribution in [2.24, 2.45) is 0 Å². The van der Waals surface area contributed by atoms with Crippen LogP contribution < -0.4 is 5.32 Å². The largest absolute Gasteiger partial charge is 0.351 e. The molecule has 1 fully saturated rings. The van der Waals surface area contributed by atoms with Gasteiger partial charge in [0.2, 0.25) is 0 Å². The van der Waals surface area contributed by atoms with Crippen molar-refractivity contribution in [3.63, 3.8) is 0 Å². The van der Waals surface area contributed by atoms with Gasteiger partial charge in [0, 0.05) is 42.1 Å². The van der Waals surface area contributed by atoms with Crippen LogP contribution in [0.4, 0.5) is 0 Å². The molecule has 0 saturated carbocycles. The van der Waals surface area contributed by atoms with Gasteiger partial charge in [-0.15, -0.1) is 0 Å². The van der Waals surface area contributed by atoms with Crippen LogP contribution in [0.5, 0.6) is 0 Å². The Balaban J connectivity index is 1.74. The number of benzene rings is 1. The van der Waals surface area contributed by atoms with Gasteiger partial charge in [-0.05, 0) is 83.0 Å². The van der Waals surface area contributed by atoms with Crippen LogP contribution in [0.15, 0.2) is 36.7 Å². The molecule has 1 aliphatic rings. The Morgan fingerprint density at radius 1 is 1.21 bits per heavy atom. The van der Waals surface area contributed by atoms with Crippen molar-refractivity contribution in [3.8, 4) is 5.69 Å². The molecule has 3 rings (SSSR count). The molecule has 156 valence electrons. The van der Waals surface area contributed by atoms with Crippen molar-refractivity contribution in [3.05, 3.63) is 47.8 Å². The van der Waals surface area contributed by atoms with E-state index in [2.05, 4.69) is 38.1 Å². The molecule has 6 nitrogen and oxygen atoms in total. The summed E-state index contributed by atoms with van der Waals surface area (Å²) in [4.78, 5) is 2.04. The second-order valence-electron chi connectivity index (χ2n) is 9.25. The van der Waals surface area contributed by atoms with Gasteiger partial charge in [-0.25, -0.2) is 4.68 Å². The number of hydrogen-bond acceptors (Lipinski definition) is 5. The van der Waals surface area contributed by atoms with Gasteiger partial charge in [-0.1, -0.05) is 6.07 Å². The van der Waals surface area contributed by atoms with Crippen molar-refractivity contribution in [1.82, 2.24) is 20.0 Å². The maximum absolute atomic E-state index is 8.64. The fraction of sp³-hybridized carbons (Fsp3) is 0.500. The predicted octanol–water partition coefficient (Wildman–Crippen LogP) is 4.42. The maximum Gasteiger partial charge on any atom is 0.162 e. The SMILES string of the molecule is Cc1ccc(-n2cccn2)cc1C(=N)SC(=N)N(C)C1CC(C)(C)NC(C)(C)C1. The lowest BCUT2D eigenvalue weighted by atomic mass is 9.79. The highest BCUT2D eigenvalue weighted by Gasteiger charge is 2.39. The molecule has 0 spiro atoms. The van der Waals surface area contributed by atoms with Gasteiger partial charge >= 0.3 is 0 Å². The average molecular weight is 413 g/mol. The molecule has 1 aromatic carbocycles. The Morgan fingerprint density at radius 2 is 1.86 bits per heavy atom. The van der Waals surface area contributed by atoms with Crippen LogP contribution in [-0.2, 0) is 0 Å². The summed E-state index contributed by atoms with van der Waals surface area (Å²) in [7, 11) is 1.98. The quantitative estimate of drug-likeness (QED) is 0.515. The van der Waals surface area contributed by atoms with E-state index < -0.39 is 0 Å². The van der Waals surface area contributed by atoms with E-state index in [0.29, 0.717) is 10.2 Å². The lowest BCUT2D eigenvalue weighted by Crippen LogP contribution is -2.62. The van der Waals surface area contributed by atoms with E-state index in [0.717, 1.165) is 29.7 Å². The van der Waals surface area contributed by atoms with Gasteiger partial charge in [-0.2, -0.15) is 5.10 Å². The predicted molar refractivity (Wildman–Crippen MR) is 123 cm³/mol. The number of piperidine rings is 1. The lowest BCUT2D eigenvalue weighted by Gasteiger charge is -2.49. The first kappa shape index (κ1) is 21.6. The van der Waals surface area contributed by atoms with Crippen molar-refractivity contribution >= 4 is 22.0 Å². The third-order valence-electron chi connectivity index (χ3n) is 5.47. The topological polar surface area (TPSA) is 80.8 Å².